The molecule has 0 aliphatic heterocycles. The van der Waals surface area contributed by atoms with E-state index in [0.29, 0.717) is 5.92 Å². The van der Waals surface area contributed by atoms with Gasteiger partial charge >= 0.3 is 0 Å². The van der Waals surface area contributed by atoms with Crippen LogP contribution < -0.4 is 5.32 Å². The van der Waals surface area contributed by atoms with Crippen LogP contribution >= 0.6 is 0 Å². The van der Waals surface area contributed by atoms with Crippen LogP contribution in [0.4, 0.5) is 0 Å². The first kappa shape index (κ1) is 8.27. The van der Waals surface area contributed by atoms with Crippen molar-refractivity contribution in [3.63, 3.8) is 0 Å². The molecule has 0 radical (unpaired) electrons. The third-order valence-electron chi connectivity index (χ3n) is 1.87. The zero-order chi connectivity index (χ0) is 8.27. The fraction of sp³-hybridized carbons (Fsp3) is 0.625. The number of rotatable bonds is 3. The standard InChI is InChI=1S/C8H15N3/c1-7(6-9-2)8-4-5-10-11(8)3/h4-5,7,9H,6H2,1-3H3. The van der Waals surface area contributed by atoms with Crippen LogP contribution in [0.25, 0.3) is 0 Å². The van der Waals surface area contributed by atoms with Crippen molar-refractivity contribution in [3.8, 4) is 0 Å². The average Bonchev–Trinajstić information content (AvgIpc) is 2.36. The van der Waals surface area contributed by atoms with Gasteiger partial charge in [0.15, 0.2) is 0 Å². The van der Waals surface area contributed by atoms with Crippen molar-refractivity contribution < 1.29 is 0 Å². The maximum atomic E-state index is 4.11. The predicted molar refractivity (Wildman–Crippen MR) is 45.5 cm³/mol. The quantitative estimate of drug-likeness (QED) is 0.694. The zero-order valence-electron chi connectivity index (χ0n) is 7.33. The summed E-state index contributed by atoms with van der Waals surface area (Å²) in [6, 6.07) is 2.06. The maximum absolute atomic E-state index is 4.11. The molecule has 1 aromatic heterocycles. The molecule has 1 unspecified atom stereocenters. The number of nitrogens with one attached hydrogen (secondary N) is 1. The van der Waals surface area contributed by atoms with Crippen LogP contribution in [0.2, 0.25) is 0 Å². The van der Waals surface area contributed by atoms with Gasteiger partial charge in [-0.3, -0.25) is 4.68 Å². The summed E-state index contributed by atoms with van der Waals surface area (Å²) in [6.07, 6.45) is 1.83. The van der Waals surface area contributed by atoms with Gasteiger partial charge in [0, 0.05) is 31.4 Å². The van der Waals surface area contributed by atoms with Crippen molar-refractivity contribution in [2.45, 2.75) is 12.8 Å². The summed E-state index contributed by atoms with van der Waals surface area (Å²) in [5, 5.41) is 7.25. The Balaban J connectivity index is 2.67. The molecule has 3 heteroatoms. The second kappa shape index (κ2) is 3.53. The predicted octanol–water partition coefficient (Wildman–Crippen LogP) is 0.743. The molecule has 0 aliphatic rings. The third-order valence-corrected chi connectivity index (χ3v) is 1.87. The summed E-state index contributed by atoms with van der Waals surface area (Å²) in [5.41, 5.74) is 1.28. The van der Waals surface area contributed by atoms with Crippen LogP contribution in [-0.2, 0) is 7.05 Å². The summed E-state index contributed by atoms with van der Waals surface area (Å²) in [7, 11) is 3.94. The van der Waals surface area contributed by atoms with Gasteiger partial charge in [0.05, 0.1) is 0 Å². The Morgan fingerprint density at radius 3 is 2.91 bits per heavy atom. The molecule has 3 nitrogen and oxygen atoms in total. The molecular weight excluding hydrogens is 138 g/mol. The van der Waals surface area contributed by atoms with Crippen LogP contribution in [0.5, 0.6) is 0 Å². The minimum Gasteiger partial charge on any atom is -0.319 e. The second-order valence-corrected chi connectivity index (χ2v) is 2.84. The first-order valence-corrected chi connectivity index (χ1v) is 3.88. The summed E-state index contributed by atoms with van der Waals surface area (Å²) in [4.78, 5) is 0. The SMILES string of the molecule is CNCC(C)c1ccnn1C. The number of aromatic nitrogens is 2. The lowest BCUT2D eigenvalue weighted by Gasteiger charge is -2.10. The zero-order valence-corrected chi connectivity index (χ0v) is 7.33. The molecule has 1 aromatic rings. The van der Waals surface area contributed by atoms with Crippen LogP contribution in [0.1, 0.15) is 18.5 Å². The Kier molecular flexibility index (Phi) is 2.65. The monoisotopic (exact) mass is 153 g/mol. The Bertz CT molecular complexity index is 217. The van der Waals surface area contributed by atoms with E-state index in [1.807, 2.05) is 25.0 Å². The van der Waals surface area contributed by atoms with E-state index in [4.69, 9.17) is 0 Å². The van der Waals surface area contributed by atoms with Crippen molar-refractivity contribution in [2.24, 2.45) is 7.05 Å². The molecule has 0 fully saturated rings. The number of hydrogen-bond donors (Lipinski definition) is 1. The fourth-order valence-corrected chi connectivity index (χ4v) is 1.28. The molecule has 1 N–H and O–H groups in total. The van der Waals surface area contributed by atoms with Gasteiger partial charge in [-0.1, -0.05) is 6.92 Å². The lowest BCUT2D eigenvalue weighted by atomic mass is 10.1. The van der Waals surface area contributed by atoms with Gasteiger partial charge < -0.3 is 5.32 Å². The molecule has 1 rings (SSSR count). The van der Waals surface area contributed by atoms with Crippen molar-refractivity contribution >= 4 is 0 Å². The van der Waals surface area contributed by atoms with E-state index in [-0.39, 0.29) is 0 Å². The lowest BCUT2D eigenvalue weighted by Crippen LogP contribution is -2.16. The molecule has 1 atom stereocenters. The van der Waals surface area contributed by atoms with Crippen LogP contribution in [0.15, 0.2) is 12.3 Å². The Morgan fingerprint density at radius 2 is 2.45 bits per heavy atom. The number of likely N-dealkylation sites (N-methyl/N-ethyl adjacent to an activating group) is 1. The largest absolute Gasteiger partial charge is 0.319 e. The summed E-state index contributed by atoms with van der Waals surface area (Å²) in [6.45, 7) is 3.19. The molecule has 0 saturated carbocycles. The van der Waals surface area contributed by atoms with E-state index in [1.54, 1.807) is 0 Å². The van der Waals surface area contributed by atoms with Gasteiger partial charge in [-0.2, -0.15) is 5.10 Å². The van der Waals surface area contributed by atoms with Crippen LogP contribution in [-0.4, -0.2) is 23.4 Å². The molecule has 0 spiro atoms. The molecule has 0 saturated heterocycles. The molecule has 1 heterocycles. The first-order chi connectivity index (χ1) is 5.25. The lowest BCUT2D eigenvalue weighted by molar-refractivity contribution is 0.606. The highest BCUT2D eigenvalue weighted by Crippen LogP contribution is 2.11. The molecule has 0 aliphatic carbocycles. The van der Waals surface area contributed by atoms with E-state index in [9.17, 15) is 0 Å². The molecule has 0 aromatic carbocycles. The minimum atomic E-state index is 0.535. The van der Waals surface area contributed by atoms with E-state index < -0.39 is 0 Å². The van der Waals surface area contributed by atoms with Crippen molar-refractivity contribution in [1.82, 2.24) is 15.1 Å². The average molecular weight is 153 g/mol. The Morgan fingerprint density at radius 1 is 1.73 bits per heavy atom. The van der Waals surface area contributed by atoms with E-state index in [1.165, 1.54) is 5.69 Å². The normalized spacial score (nSPS) is 13.4. The third kappa shape index (κ3) is 1.80. The first-order valence-electron chi connectivity index (χ1n) is 3.88. The fourth-order valence-electron chi connectivity index (χ4n) is 1.28. The molecule has 0 amide bonds. The summed E-state index contributed by atoms with van der Waals surface area (Å²) >= 11 is 0. The number of aryl methyl sites for hydroxylation is 1. The van der Waals surface area contributed by atoms with Crippen molar-refractivity contribution in [2.75, 3.05) is 13.6 Å². The van der Waals surface area contributed by atoms with Gasteiger partial charge in [-0.15, -0.1) is 0 Å². The van der Waals surface area contributed by atoms with Gasteiger partial charge in [-0.25, -0.2) is 0 Å². The number of nitrogens with zero attached hydrogens (tertiary/aromatic N) is 2. The highest BCUT2D eigenvalue weighted by atomic mass is 15.3. The Labute approximate surface area is 67.4 Å². The van der Waals surface area contributed by atoms with Gasteiger partial charge in [0.25, 0.3) is 0 Å². The van der Waals surface area contributed by atoms with Crippen LogP contribution in [0.3, 0.4) is 0 Å². The maximum Gasteiger partial charge on any atom is 0.0492 e. The summed E-state index contributed by atoms with van der Waals surface area (Å²) in [5.74, 6) is 0.535. The number of hydrogen-bond acceptors (Lipinski definition) is 2. The molecule has 62 valence electrons. The van der Waals surface area contributed by atoms with E-state index >= 15 is 0 Å². The highest BCUT2D eigenvalue weighted by Gasteiger charge is 2.06. The molecule has 0 bridgehead atoms. The van der Waals surface area contributed by atoms with Crippen molar-refractivity contribution in [3.05, 3.63) is 18.0 Å². The minimum absolute atomic E-state index is 0.535. The van der Waals surface area contributed by atoms with E-state index in [2.05, 4.69) is 23.4 Å². The van der Waals surface area contributed by atoms with Gasteiger partial charge in [0.1, 0.15) is 0 Å². The molecular formula is C8H15N3. The Hall–Kier alpha value is -0.830. The van der Waals surface area contributed by atoms with Crippen molar-refractivity contribution in [1.29, 1.82) is 0 Å². The van der Waals surface area contributed by atoms with Gasteiger partial charge in [-0.05, 0) is 13.1 Å². The smallest absolute Gasteiger partial charge is 0.0492 e. The van der Waals surface area contributed by atoms with Gasteiger partial charge in [0.2, 0.25) is 0 Å². The highest BCUT2D eigenvalue weighted by molar-refractivity contribution is 5.06. The topological polar surface area (TPSA) is 29.9 Å². The van der Waals surface area contributed by atoms with E-state index in [0.717, 1.165) is 6.54 Å². The molecule has 11 heavy (non-hydrogen) atoms. The van der Waals surface area contributed by atoms with Crippen LogP contribution in [0, 0.1) is 0 Å². The second-order valence-electron chi connectivity index (χ2n) is 2.84. The summed E-state index contributed by atoms with van der Waals surface area (Å²) < 4.78 is 1.92.